The van der Waals surface area contributed by atoms with Gasteiger partial charge in [0.1, 0.15) is 0 Å². The Labute approximate surface area is 196 Å². The van der Waals surface area contributed by atoms with Gasteiger partial charge in [-0.15, -0.1) is 0 Å². The van der Waals surface area contributed by atoms with Crippen molar-refractivity contribution in [1.82, 2.24) is 0 Å². The first-order chi connectivity index (χ1) is 15.7. The predicted molar refractivity (Wildman–Crippen MR) is 128 cm³/mol. The zero-order chi connectivity index (χ0) is 23.5. The average molecular weight is 459 g/mol. The number of rotatable bonds is 25. The van der Waals surface area contributed by atoms with Crippen molar-refractivity contribution >= 4 is 11.9 Å². The van der Waals surface area contributed by atoms with Gasteiger partial charge < -0.3 is 0 Å². The molecule has 0 aliphatic carbocycles. The number of carbonyl (C=O) groups excluding carboxylic acids is 2. The lowest BCUT2D eigenvalue weighted by molar-refractivity contribution is -0.273. The summed E-state index contributed by atoms with van der Waals surface area (Å²) < 4.78 is 0. The molecule has 190 valence electrons. The summed E-state index contributed by atoms with van der Waals surface area (Å²) in [6.45, 7) is 5.39. The lowest BCUT2D eigenvalue weighted by Gasteiger charge is -2.05. The molecule has 0 spiro atoms. The molecule has 0 atom stereocenters. The maximum absolute atomic E-state index is 11.6. The van der Waals surface area contributed by atoms with Gasteiger partial charge in [-0.2, -0.15) is 9.78 Å². The largest absolute Gasteiger partial charge is 0.342 e. The normalized spacial score (nSPS) is 10.9. The first-order valence-corrected chi connectivity index (χ1v) is 13.3. The zero-order valence-electron chi connectivity index (χ0n) is 21.0. The SMILES string of the molecule is CCCCCCCCOOC(=O)CCCCCCCCC(=O)OOCCCCCCCC. The third-order valence-electron chi connectivity index (χ3n) is 5.48. The molecular weight excluding hydrogens is 408 g/mol. The number of hydrogen-bond acceptors (Lipinski definition) is 6. The van der Waals surface area contributed by atoms with Crippen LogP contribution in [0, 0.1) is 0 Å². The molecule has 0 aliphatic heterocycles. The molecule has 0 radical (unpaired) electrons. The lowest BCUT2D eigenvalue weighted by Crippen LogP contribution is -2.06. The van der Waals surface area contributed by atoms with Crippen LogP contribution >= 0.6 is 0 Å². The van der Waals surface area contributed by atoms with Gasteiger partial charge in [0, 0.05) is 12.8 Å². The summed E-state index contributed by atoms with van der Waals surface area (Å²) in [5.74, 6) is -0.556. The predicted octanol–water partition coefficient (Wildman–Crippen LogP) is 7.78. The molecule has 0 heterocycles. The van der Waals surface area contributed by atoms with Crippen LogP contribution in [-0.2, 0) is 29.1 Å². The Morgan fingerprint density at radius 2 is 0.750 bits per heavy atom. The maximum Gasteiger partial charge on any atom is 0.342 e. The summed E-state index contributed by atoms with van der Waals surface area (Å²) in [6.07, 6.45) is 20.7. The van der Waals surface area contributed by atoms with Gasteiger partial charge in [0.15, 0.2) is 0 Å². The fourth-order valence-corrected chi connectivity index (χ4v) is 3.43. The highest BCUT2D eigenvalue weighted by atomic mass is 17.2. The van der Waals surface area contributed by atoms with Gasteiger partial charge in [0.25, 0.3) is 0 Å². The molecule has 0 amide bonds. The molecule has 0 aliphatic rings. The molecule has 0 fully saturated rings. The minimum Gasteiger partial charge on any atom is -0.298 e. The standard InChI is InChI=1S/C26H50O6/c1-3-5-7-9-15-19-23-29-31-25(27)21-17-13-11-12-14-18-22-26(28)32-30-24-20-16-10-8-6-4-2/h3-24H2,1-2H3. The van der Waals surface area contributed by atoms with E-state index in [9.17, 15) is 9.59 Å². The van der Waals surface area contributed by atoms with Crippen molar-refractivity contribution in [2.45, 2.75) is 142 Å². The van der Waals surface area contributed by atoms with Crippen LogP contribution in [0.15, 0.2) is 0 Å². The summed E-state index contributed by atoms with van der Waals surface area (Å²) in [5, 5.41) is 0. The Morgan fingerprint density at radius 1 is 0.438 bits per heavy atom. The fraction of sp³-hybridized carbons (Fsp3) is 0.923. The third kappa shape index (κ3) is 25.1. The van der Waals surface area contributed by atoms with E-state index in [2.05, 4.69) is 13.8 Å². The van der Waals surface area contributed by atoms with E-state index in [1.165, 1.54) is 51.4 Å². The highest BCUT2D eigenvalue weighted by Gasteiger charge is 2.05. The van der Waals surface area contributed by atoms with E-state index < -0.39 is 0 Å². The van der Waals surface area contributed by atoms with E-state index in [4.69, 9.17) is 19.6 Å². The van der Waals surface area contributed by atoms with Crippen molar-refractivity contribution in [3.05, 3.63) is 0 Å². The second kappa shape index (κ2) is 26.1. The Morgan fingerprint density at radius 3 is 1.12 bits per heavy atom. The van der Waals surface area contributed by atoms with Gasteiger partial charge in [-0.1, -0.05) is 104 Å². The average Bonchev–Trinajstić information content (AvgIpc) is 2.79. The Bertz CT molecular complexity index is 375. The van der Waals surface area contributed by atoms with Crippen molar-refractivity contribution in [3.63, 3.8) is 0 Å². The van der Waals surface area contributed by atoms with Crippen LogP contribution in [0.4, 0.5) is 0 Å². The molecule has 0 aromatic rings. The maximum atomic E-state index is 11.6. The molecule has 6 heteroatoms. The van der Waals surface area contributed by atoms with E-state index in [1.807, 2.05) is 0 Å². The molecule has 0 unspecified atom stereocenters. The van der Waals surface area contributed by atoms with Crippen molar-refractivity contribution in [2.24, 2.45) is 0 Å². The van der Waals surface area contributed by atoms with Crippen molar-refractivity contribution in [2.75, 3.05) is 13.2 Å². The minimum absolute atomic E-state index is 0.278. The minimum atomic E-state index is -0.278. The Balaban J connectivity index is 3.25. The summed E-state index contributed by atoms with van der Waals surface area (Å²) in [4.78, 5) is 42.8. The fourth-order valence-electron chi connectivity index (χ4n) is 3.43. The van der Waals surface area contributed by atoms with E-state index in [0.717, 1.165) is 64.2 Å². The third-order valence-corrected chi connectivity index (χ3v) is 5.48. The summed E-state index contributed by atoms with van der Waals surface area (Å²) in [7, 11) is 0. The second-order valence-corrected chi connectivity index (χ2v) is 8.71. The van der Waals surface area contributed by atoms with Gasteiger partial charge in [0.05, 0.1) is 13.2 Å². The van der Waals surface area contributed by atoms with Gasteiger partial charge in [-0.3, -0.25) is 9.78 Å². The van der Waals surface area contributed by atoms with Crippen LogP contribution in [0.2, 0.25) is 0 Å². The van der Waals surface area contributed by atoms with E-state index in [-0.39, 0.29) is 11.9 Å². The molecule has 0 saturated heterocycles. The van der Waals surface area contributed by atoms with Crippen LogP contribution in [0.25, 0.3) is 0 Å². The number of carbonyl (C=O) groups is 2. The summed E-state index contributed by atoms with van der Waals surface area (Å²) in [5.41, 5.74) is 0. The highest BCUT2D eigenvalue weighted by Crippen LogP contribution is 2.10. The molecule has 0 saturated carbocycles. The molecule has 0 aromatic carbocycles. The quantitative estimate of drug-likeness (QED) is 0.0790. The van der Waals surface area contributed by atoms with Gasteiger partial charge in [-0.05, 0) is 25.7 Å². The molecule has 6 nitrogen and oxygen atoms in total. The molecule has 32 heavy (non-hydrogen) atoms. The second-order valence-electron chi connectivity index (χ2n) is 8.71. The van der Waals surface area contributed by atoms with Crippen LogP contribution in [0.3, 0.4) is 0 Å². The number of unbranched alkanes of at least 4 members (excludes halogenated alkanes) is 15. The Kier molecular flexibility index (Phi) is 25.2. The molecular formula is C26H50O6. The van der Waals surface area contributed by atoms with E-state index in [1.54, 1.807) is 0 Å². The summed E-state index contributed by atoms with van der Waals surface area (Å²) >= 11 is 0. The first kappa shape index (κ1) is 30.9. The Hall–Kier alpha value is -1.14. The number of hydrogen-bond donors (Lipinski definition) is 0. The first-order valence-electron chi connectivity index (χ1n) is 13.3. The highest BCUT2D eigenvalue weighted by molar-refractivity contribution is 5.68. The van der Waals surface area contributed by atoms with Crippen LogP contribution in [-0.4, -0.2) is 25.2 Å². The smallest absolute Gasteiger partial charge is 0.298 e. The van der Waals surface area contributed by atoms with Crippen molar-refractivity contribution < 1.29 is 29.1 Å². The summed E-state index contributed by atoms with van der Waals surface area (Å²) in [6, 6.07) is 0. The topological polar surface area (TPSA) is 71.1 Å². The van der Waals surface area contributed by atoms with Crippen molar-refractivity contribution in [3.8, 4) is 0 Å². The van der Waals surface area contributed by atoms with Crippen LogP contribution < -0.4 is 0 Å². The molecule has 0 rings (SSSR count). The molecule has 0 N–H and O–H groups in total. The van der Waals surface area contributed by atoms with Gasteiger partial charge in [-0.25, -0.2) is 9.59 Å². The van der Waals surface area contributed by atoms with Gasteiger partial charge >= 0.3 is 11.9 Å². The monoisotopic (exact) mass is 458 g/mol. The lowest BCUT2D eigenvalue weighted by atomic mass is 10.1. The van der Waals surface area contributed by atoms with Crippen LogP contribution in [0.1, 0.15) is 142 Å². The van der Waals surface area contributed by atoms with Crippen LogP contribution in [0.5, 0.6) is 0 Å². The molecule has 0 aromatic heterocycles. The van der Waals surface area contributed by atoms with E-state index in [0.29, 0.717) is 26.1 Å². The molecule has 0 bridgehead atoms. The van der Waals surface area contributed by atoms with Gasteiger partial charge in [0.2, 0.25) is 0 Å². The van der Waals surface area contributed by atoms with E-state index >= 15 is 0 Å². The zero-order valence-corrected chi connectivity index (χ0v) is 21.0. The van der Waals surface area contributed by atoms with Crippen molar-refractivity contribution in [1.29, 1.82) is 0 Å².